The third kappa shape index (κ3) is 14.9. The third-order valence-electron chi connectivity index (χ3n) is 10.5. The summed E-state index contributed by atoms with van der Waals surface area (Å²) >= 11 is 0. The highest BCUT2D eigenvalue weighted by Gasteiger charge is 2.30. The van der Waals surface area contributed by atoms with Crippen LogP contribution in [0.15, 0.2) is 92.0 Å². The number of hydrogen-bond acceptors (Lipinski definition) is 13. The first kappa shape index (κ1) is 45.0. The zero-order chi connectivity index (χ0) is 42.5. The average molecular weight is 826 g/mol. The molecule has 0 saturated heterocycles. The van der Waals surface area contributed by atoms with Gasteiger partial charge in [0.25, 0.3) is 0 Å². The van der Waals surface area contributed by atoms with Gasteiger partial charge in [-0.25, -0.2) is 9.59 Å². The summed E-state index contributed by atoms with van der Waals surface area (Å²) in [5, 5.41) is 7.98. The van der Waals surface area contributed by atoms with Crippen LogP contribution in [0.5, 0.6) is 34.5 Å². The first-order valence-corrected chi connectivity index (χ1v) is 20.6. The summed E-state index contributed by atoms with van der Waals surface area (Å²) in [7, 11) is 0. The molecule has 3 aromatic carbocycles. The number of carbonyl (C=O) groups is 4. The van der Waals surface area contributed by atoms with Crippen molar-refractivity contribution in [3.05, 3.63) is 97.6 Å². The highest BCUT2D eigenvalue weighted by Crippen LogP contribution is 2.34. The summed E-state index contributed by atoms with van der Waals surface area (Å²) in [5.41, 5.74) is 0.632. The van der Waals surface area contributed by atoms with Crippen molar-refractivity contribution < 1.29 is 57.1 Å². The van der Waals surface area contributed by atoms with E-state index in [2.05, 4.69) is 13.2 Å². The number of nitrogens with one attached hydrogen (secondary N) is 1. The van der Waals surface area contributed by atoms with Crippen molar-refractivity contribution in [2.75, 3.05) is 39.6 Å². The van der Waals surface area contributed by atoms with Crippen molar-refractivity contribution in [3.8, 4) is 34.5 Å². The molecule has 0 unspecified atom stereocenters. The lowest BCUT2D eigenvalue weighted by Gasteiger charge is -2.27. The molecule has 5 rings (SSSR count). The summed E-state index contributed by atoms with van der Waals surface area (Å²) in [6.07, 6.45) is 10.8. The molecule has 3 aromatic rings. The van der Waals surface area contributed by atoms with Gasteiger partial charge >= 0.3 is 23.9 Å². The number of hydrogen-bond donors (Lipinski definition) is 1. The minimum Gasteiger partial charge on any atom is -0.493 e. The van der Waals surface area contributed by atoms with E-state index in [-0.39, 0.29) is 42.9 Å². The smallest absolute Gasteiger partial charge is 0.330 e. The van der Waals surface area contributed by atoms with Crippen LogP contribution in [0.1, 0.15) is 69.8 Å². The molecule has 0 radical (unpaired) electrons. The Morgan fingerprint density at radius 2 is 0.950 bits per heavy atom. The molecule has 0 aromatic heterocycles. The maximum atomic E-state index is 12.9. The number of esters is 4. The fourth-order valence-corrected chi connectivity index (χ4v) is 6.98. The highest BCUT2D eigenvalue weighted by atomic mass is 16.6. The fraction of sp³-hybridized carbons (Fsp3) is 0.426. The lowest BCUT2D eigenvalue weighted by atomic mass is 9.82. The van der Waals surface area contributed by atoms with Gasteiger partial charge in [0.15, 0.2) is 0 Å². The van der Waals surface area contributed by atoms with Crippen LogP contribution in [-0.2, 0) is 28.7 Å². The van der Waals surface area contributed by atoms with E-state index < -0.39 is 11.9 Å². The van der Waals surface area contributed by atoms with Gasteiger partial charge in [-0.15, -0.1) is 0 Å². The van der Waals surface area contributed by atoms with E-state index in [1.807, 2.05) is 18.2 Å². The normalized spacial score (nSPS) is 18.5. The molecule has 60 heavy (non-hydrogen) atoms. The number of rotatable bonds is 23. The van der Waals surface area contributed by atoms with Crippen LogP contribution in [0, 0.1) is 29.1 Å². The molecule has 2 saturated carbocycles. The summed E-state index contributed by atoms with van der Waals surface area (Å²) in [4.78, 5) is 48.0. The second-order valence-electron chi connectivity index (χ2n) is 14.8. The van der Waals surface area contributed by atoms with Gasteiger partial charge in [0, 0.05) is 36.8 Å². The highest BCUT2D eigenvalue weighted by molar-refractivity contribution is 5.82. The topological polar surface area (TPSA) is 166 Å². The van der Waals surface area contributed by atoms with Gasteiger partial charge in [-0.3, -0.25) is 9.59 Å². The monoisotopic (exact) mass is 825 g/mol. The molecule has 0 heterocycles. The zero-order valence-electron chi connectivity index (χ0n) is 34.0. The molecule has 13 heteroatoms. The predicted octanol–water partition coefficient (Wildman–Crippen LogP) is 8.26. The van der Waals surface area contributed by atoms with Crippen molar-refractivity contribution in [1.29, 1.82) is 5.41 Å². The van der Waals surface area contributed by atoms with Crippen LogP contribution in [0.3, 0.4) is 0 Å². The molecule has 0 amide bonds. The maximum absolute atomic E-state index is 12.9. The molecule has 13 nitrogen and oxygen atoms in total. The van der Waals surface area contributed by atoms with Gasteiger partial charge in [0.1, 0.15) is 34.5 Å². The largest absolute Gasteiger partial charge is 0.493 e. The second-order valence-corrected chi connectivity index (χ2v) is 14.8. The summed E-state index contributed by atoms with van der Waals surface area (Å²) in [6.45, 7) is 8.97. The Hall–Kier alpha value is -6.11. The number of ether oxygens (including phenoxy) is 8. The molecule has 320 valence electrons. The van der Waals surface area contributed by atoms with Gasteiger partial charge in [0.2, 0.25) is 0 Å². The van der Waals surface area contributed by atoms with Crippen LogP contribution in [0.4, 0.5) is 0 Å². The Morgan fingerprint density at radius 1 is 0.533 bits per heavy atom. The zero-order valence-corrected chi connectivity index (χ0v) is 34.0. The van der Waals surface area contributed by atoms with E-state index in [1.54, 1.807) is 48.5 Å². The van der Waals surface area contributed by atoms with Crippen molar-refractivity contribution in [1.82, 2.24) is 0 Å². The van der Waals surface area contributed by atoms with Crippen LogP contribution < -0.4 is 28.4 Å². The first-order valence-electron chi connectivity index (χ1n) is 20.6. The van der Waals surface area contributed by atoms with Crippen LogP contribution >= 0.6 is 0 Å². The van der Waals surface area contributed by atoms with Gasteiger partial charge in [-0.2, -0.15) is 0 Å². The molecular weight excluding hydrogens is 771 g/mol. The minimum absolute atomic E-state index is 0.175. The van der Waals surface area contributed by atoms with Crippen LogP contribution in [-0.4, -0.2) is 69.7 Å². The van der Waals surface area contributed by atoms with Crippen molar-refractivity contribution in [2.45, 2.75) is 64.2 Å². The van der Waals surface area contributed by atoms with Crippen molar-refractivity contribution in [3.63, 3.8) is 0 Å². The molecule has 1 N–H and O–H groups in total. The lowest BCUT2D eigenvalue weighted by Crippen LogP contribution is -2.28. The molecule has 0 aliphatic heterocycles. The Kier molecular flexibility index (Phi) is 18.1. The van der Waals surface area contributed by atoms with Gasteiger partial charge in [-0.05, 0) is 130 Å². The summed E-state index contributed by atoms with van der Waals surface area (Å²) < 4.78 is 44.7. The quantitative estimate of drug-likeness (QED) is 0.0320. The van der Waals surface area contributed by atoms with E-state index in [4.69, 9.17) is 43.3 Å². The Balaban J connectivity index is 0.944. The molecule has 0 atom stereocenters. The number of benzene rings is 3. The van der Waals surface area contributed by atoms with E-state index in [1.165, 1.54) is 6.21 Å². The standard InChI is InChI=1S/C47H55NO12/c1-3-44(49)55-27-5-25-53-38-15-19-40(20-16-38)59-46(51)35-11-7-33(8-12-35)31-57-42-23-24-43(37(29-42)30-48)58-32-34-9-13-36(14-10-34)47(52)60-41-21-17-39(18-22-41)54-26-6-28-56-45(50)4-2/h3-4,15-24,29-30,33-36,48H,1-2,5-14,25-28,31-32H2. The average Bonchev–Trinajstić information content (AvgIpc) is 3.28. The van der Waals surface area contributed by atoms with Crippen LogP contribution in [0.2, 0.25) is 0 Å². The van der Waals surface area contributed by atoms with Gasteiger partial charge < -0.3 is 43.3 Å². The lowest BCUT2D eigenvalue weighted by molar-refractivity contribution is -0.141. The Bertz CT molecular complexity index is 1880. The van der Waals surface area contributed by atoms with E-state index in [0.29, 0.717) is 98.1 Å². The van der Waals surface area contributed by atoms with Crippen molar-refractivity contribution >= 4 is 30.1 Å². The predicted molar refractivity (Wildman–Crippen MR) is 223 cm³/mol. The first-order chi connectivity index (χ1) is 29.2. The van der Waals surface area contributed by atoms with E-state index >= 15 is 0 Å². The summed E-state index contributed by atoms with van der Waals surface area (Å²) in [6, 6.07) is 19.3. The third-order valence-corrected chi connectivity index (χ3v) is 10.5. The fourth-order valence-electron chi connectivity index (χ4n) is 6.98. The Morgan fingerprint density at radius 3 is 1.38 bits per heavy atom. The van der Waals surface area contributed by atoms with Gasteiger partial charge in [-0.1, -0.05) is 13.2 Å². The molecule has 0 spiro atoms. The molecule has 0 bridgehead atoms. The molecule has 2 fully saturated rings. The maximum Gasteiger partial charge on any atom is 0.330 e. The minimum atomic E-state index is -0.463. The molecule has 2 aliphatic carbocycles. The second kappa shape index (κ2) is 24.1. The van der Waals surface area contributed by atoms with E-state index in [9.17, 15) is 19.2 Å². The van der Waals surface area contributed by atoms with E-state index in [0.717, 1.165) is 50.7 Å². The van der Waals surface area contributed by atoms with Gasteiger partial charge in [0.05, 0.1) is 51.5 Å². The summed E-state index contributed by atoms with van der Waals surface area (Å²) in [5.74, 6) is 2.29. The van der Waals surface area contributed by atoms with Crippen LogP contribution in [0.25, 0.3) is 0 Å². The van der Waals surface area contributed by atoms with Crippen molar-refractivity contribution in [2.24, 2.45) is 23.7 Å². The SMILES string of the molecule is C=CC(=O)OCCCOc1ccc(OC(=O)C2CCC(COc3ccc(OCC4CCC(C(=O)Oc5ccc(OCCCOC(=O)C=C)cc5)CC4)c(C=N)c3)CC2)cc1. The number of carbonyl (C=O) groups excluding carboxylic acids is 4. The molecule has 2 aliphatic rings. The Labute approximate surface area is 351 Å². The molecular formula is C47H55NO12.